The summed E-state index contributed by atoms with van der Waals surface area (Å²) in [6.07, 6.45) is -6.79. The van der Waals surface area contributed by atoms with Gasteiger partial charge in [0.25, 0.3) is 0 Å². The monoisotopic (exact) mass is 702 g/mol. The molecule has 5 rings (SSSR count). The summed E-state index contributed by atoms with van der Waals surface area (Å²) < 4.78 is 172. The van der Waals surface area contributed by atoms with Crippen LogP contribution >= 0.6 is 0 Å². The normalized spacial score (nSPS) is 16.8. The molecule has 1 aliphatic heterocycles. The smallest absolute Gasteiger partial charge is 0.429 e. The zero-order valence-corrected chi connectivity index (χ0v) is 25.4. The fourth-order valence-corrected chi connectivity index (χ4v) is 5.40. The summed E-state index contributed by atoms with van der Waals surface area (Å²) in [5, 5.41) is -1.88. The predicted molar refractivity (Wildman–Crippen MR) is 155 cm³/mol. The van der Waals surface area contributed by atoms with Gasteiger partial charge in [0.2, 0.25) is 0 Å². The highest BCUT2D eigenvalue weighted by Gasteiger charge is 2.41. The first kappa shape index (κ1) is 35.9. The number of unbranched alkanes of at least 4 members (excludes halogenated alkanes) is 2. The zero-order chi connectivity index (χ0) is 35.7. The SMILES string of the molecule is CCCCCC1COC(c2ccc(-c3cc(F)c(C(F)(F)Oc4cc(F)c5c(F)c(C#CC(F)(F)F)c(F)cc5c4)c(F)c3)c(F)c2)OC1. The highest BCUT2D eigenvalue weighted by molar-refractivity contribution is 5.87. The summed E-state index contributed by atoms with van der Waals surface area (Å²) in [5.41, 5.74) is -3.88. The third-order valence-corrected chi connectivity index (χ3v) is 7.72. The van der Waals surface area contributed by atoms with Crippen molar-refractivity contribution in [2.24, 2.45) is 5.92 Å². The minimum absolute atomic E-state index is 0.158. The molecular weight excluding hydrogens is 677 g/mol. The first-order valence-corrected chi connectivity index (χ1v) is 14.9. The molecule has 1 fully saturated rings. The van der Waals surface area contributed by atoms with E-state index in [1.165, 1.54) is 18.1 Å². The predicted octanol–water partition coefficient (Wildman–Crippen LogP) is 10.6. The summed E-state index contributed by atoms with van der Waals surface area (Å²) in [6, 6.07) is 5.41. The Bertz CT molecular complexity index is 1900. The Labute approximate surface area is 272 Å². The van der Waals surface area contributed by atoms with Crippen LogP contribution in [0.1, 0.15) is 55.6 Å². The minimum atomic E-state index is -5.13. The summed E-state index contributed by atoms with van der Waals surface area (Å²) in [6.45, 7) is 2.88. The maximum Gasteiger partial charge on any atom is 0.458 e. The van der Waals surface area contributed by atoms with E-state index < -0.39 is 86.7 Å². The molecule has 1 heterocycles. The number of fused-ring (bicyclic) bond motifs is 1. The van der Waals surface area contributed by atoms with Gasteiger partial charge in [-0.25, -0.2) is 26.3 Å². The molecule has 14 heteroatoms. The number of ether oxygens (including phenoxy) is 3. The molecule has 0 aromatic heterocycles. The van der Waals surface area contributed by atoms with Crippen molar-refractivity contribution in [1.29, 1.82) is 0 Å². The maximum absolute atomic E-state index is 15.1. The third-order valence-electron chi connectivity index (χ3n) is 7.72. The second-order valence-electron chi connectivity index (χ2n) is 11.3. The second kappa shape index (κ2) is 14.2. The number of alkyl halides is 5. The van der Waals surface area contributed by atoms with Crippen LogP contribution in [0, 0.1) is 52.7 Å². The van der Waals surface area contributed by atoms with Gasteiger partial charge in [0.05, 0.1) is 24.2 Å². The van der Waals surface area contributed by atoms with E-state index in [0.717, 1.165) is 31.7 Å². The molecular formula is C35H25F11O3. The number of hydrogen-bond acceptors (Lipinski definition) is 3. The lowest BCUT2D eigenvalue weighted by molar-refractivity contribution is -0.206. The second-order valence-corrected chi connectivity index (χ2v) is 11.3. The largest absolute Gasteiger partial charge is 0.458 e. The molecule has 0 atom stereocenters. The molecule has 0 saturated carbocycles. The molecule has 4 aromatic carbocycles. The van der Waals surface area contributed by atoms with Crippen molar-refractivity contribution >= 4 is 10.8 Å². The summed E-state index contributed by atoms with van der Waals surface area (Å²) in [4.78, 5) is 0. The summed E-state index contributed by atoms with van der Waals surface area (Å²) >= 11 is 0. The quantitative estimate of drug-likeness (QED) is 0.0988. The minimum Gasteiger partial charge on any atom is -0.429 e. The van der Waals surface area contributed by atoms with E-state index in [1.54, 1.807) is 0 Å². The Morgan fingerprint density at radius 3 is 2.06 bits per heavy atom. The third kappa shape index (κ3) is 8.11. The van der Waals surface area contributed by atoms with Crippen molar-refractivity contribution in [3.8, 4) is 28.7 Å². The number of benzene rings is 4. The van der Waals surface area contributed by atoms with Crippen LogP contribution < -0.4 is 4.74 Å². The highest BCUT2D eigenvalue weighted by Crippen LogP contribution is 2.40. The standard InChI is InChI=1S/C35H25F11O3/c1-2-3-4-5-18-16-47-33(48-17-18)19-6-7-23(25(36)11-19)20-12-28(39)31(29(40)13-20)35(45,46)49-22-10-21-14-26(37)24(8-9-34(42,43)44)32(41)30(21)27(38)15-22/h6-7,10-15,18,33H,2-5,16-17H2,1H3. The van der Waals surface area contributed by atoms with Crippen LogP contribution in [0.25, 0.3) is 21.9 Å². The Balaban J connectivity index is 1.36. The van der Waals surface area contributed by atoms with Crippen molar-refractivity contribution in [2.75, 3.05) is 13.2 Å². The Morgan fingerprint density at radius 1 is 0.776 bits per heavy atom. The molecule has 3 nitrogen and oxygen atoms in total. The lowest BCUT2D eigenvalue weighted by Gasteiger charge is -2.29. The van der Waals surface area contributed by atoms with Crippen molar-refractivity contribution in [3.63, 3.8) is 0 Å². The highest BCUT2D eigenvalue weighted by atomic mass is 19.4. The summed E-state index contributed by atoms with van der Waals surface area (Å²) in [5.74, 6) is -9.01. The summed E-state index contributed by atoms with van der Waals surface area (Å²) in [7, 11) is 0. The molecule has 0 N–H and O–H groups in total. The van der Waals surface area contributed by atoms with Crippen molar-refractivity contribution in [2.45, 2.75) is 51.2 Å². The van der Waals surface area contributed by atoms with Gasteiger partial charge in [-0.3, -0.25) is 0 Å². The van der Waals surface area contributed by atoms with Gasteiger partial charge in [0.1, 0.15) is 40.4 Å². The molecule has 1 saturated heterocycles. The van der Waals surface area contributed by atoms with E-state index in [4.69, 9.17) is 9.47 Å². The Hall–Kier alpha value is -4.35. The molecule has 0 bridgehead atoms. The van der Waals surface area contributed by atoms with Crippen LogP contribution in [0.3, 0.4) is 0 Å². The van der Waals surface area contributed by atoms with Crippen LogP contribution in [0.2, 0.25) is 0 Å². The van der Waals surface area contributed by atoms with E-state index in [9.17, 15) is 26.3 Å². The van der Waals surface area contributed by atoms with Gasteiger partial charge in [0, 0.05) is 29.0 Å². The topological polar surface area (TPSA) is 27.7 Å². The van der Waals surface area contributed by atoms with Gasteiger partial charge in [-0.1, -0.05) is 44.2 Å². The molecule has 0 radical (unpaired) electrons. The van der Waals surface area contributed by atoms with Gasteiger partial charge < -0.3 is 14.2 Å². The van der Waals surface area contributed by atoms with E-state index >= 15 is 22.0 Å². The number of halogens is 11. The van der Waals surface area contributed by atoms with Crippen LogP contribution in [0.5, 0.6) is 5.75 Å². The van der Waals surface area contributed by atoms with Gasteiger partial charge >= 0.3 is 12.3 Å². The van der Waals surface area contributed by atoms with E-state index in [-0.39, 0.29) is 17.5 Å². The van der Waals surface area contributed by atoms with E-state index in [2.05, 4.69) is 11.7 Å². The van der Waals surface area contributed by atoms with Gasteiger partial charge in [-0.05, 0) is 47.7 Å². The molecule has 4 aromatic rings. The number of rotatable bonds is 9. The zero-order valence-electron chi connectivity index (χ0n) is 25.4. The lowest BCUT2D eigenvalue weighted by Crippen LogP contribution is -2.27. The molecule has 1 aliphatic rings. The van der Waals surface area contributed by atoms with Gasteiger partial charge in [0.15, 0.2) is 12.1 Å². The van der Waals surface area contributed by atoms with Crippen LogP contribution in [0.15, 0.2) is 48.5 Å². The maximum atomic E-state index is 15.1. The molecule has 49 heavy (non-hydrogen) atoms. The average molecular weight is 703 g/mol. The molecule has 260 valence electrons. The molecule has 0 spiro atoms. The van der Waals surface area contributed by atoms with Crippen molar-refractivity contribution < 1.29 is 62.5 Å². The Morgan fingerprint density at radius 2 is 1.45 bits per heavy atom. The molecule has 0 amide bonds. The van der Waals surface area contributed by atoms with E-state index in [1.807, 2.05) is 0 Å². The average Bonchev–Trinajstić information content (AvgIpc) is 2.99. The van der Waals surface area contributed by atoms with Gasteiger partial charge in [-0.15, -0.1) is 0 Å². The first-order chi connectivity index (χ1) is 23.1. The van der Waals surface area contributed by atoms with Crippen molar-refractivity contribution in [3.05, 3.63) is 100 Å². The fraction of sp³-hybridized carbons (Fsp3) is 0.314. The van der Waals surface area contributed by atoms with Crippen molar-refractivity contribution in [1.82, 2.24) is 0 Å². The fourth-order valence-electron chi connectivity index (χ4n) is 5.40. The van der Waals surface area contributed by atoms with Crippen LogP contribution in [-0.4, -0.2) is 19.4 Å². The first-order valence-electron chi connectivity index (χ1n) is 14.9. The molecule has 0 unspecified atom stereocenters. The van der Waals surface area contributed by atoms with Crippen LogP contribution in [0.4, 0.5) is 48.3 Å². The van der Waals surface area contributed by atoms with E-state index in [0.29, 0.717) is 49.0 Å². The van der Waals surface area contributed by atoms with Gasteiger partial charge in [-0.2, -0.15) is 22.0 Å². The number of hydrogen-bond donors (Lipinski definition) is 0. The lowest BCUT2D eigenvalue weighted by atomic mass is 9.99. The van der Waals surface area contributed by atoms with Crippen LogP contribution in [-0.2, 0) is 15.6 Å². The molecule has 0 aliphatic carbocycles. The Kier molecular flexibility index (Phi) is 10.5.